The van der Waals surface area contributed by atoms with E-state index < -0.39 is 32.2 Å². The number of piperidine rings is 1. The quantitative estimate of drug-likeness (QED) is 0.348. The van der Waals surface area contributed by atoms with Gasteiger partial charge in [-0.15, -0.1) is 0 Å². The van der Waals surface area contributed by atoms with E-state index in [1.807, 2.05) is 6.08 Å². The number of nitrogens with zero attached hydrogens (tertiary/aromatic N) is 1. The van der Waals surface area contributed by atoms with E-state index in [2.05, 4.69) is 33.9 Å². The smallest absolute Gasteiger partial charge is 0.410 e. The zero-order valence-electron chi connectivity index (χ0n) is 20.9. The van der Waals surface area contributed by atoms with Crippen molar-refractivity contribution in [3.63, 3.8) is 0 Å². The molecule has 10 heteroatoms. The summed E-state index contributed by atoms with van der Waals surface area (Å²) < 4.78 is 34.0. The second kappa shape index (κ2) is 8.81. The number of likely N-dealkylation sites (tertiary alicyclic amines) is 1. The van der Waals surface area contributed by atoms with Gasteiger partial charge in [-0.3, -0.25) is 4.90 Å². The minimum atomic E-state index is -2.27. The fraction of sp³-hybridized carbons (Fsp3) is 0.652. The van der Waals surface area contributed by atoms with E-state index in [1.165, 1.54) is 14.2 Å². The summed E-state index contributed by atoms with van der Waals surface area (Å²) in [5, 5.41) is -0.0710. The Hall–Kier alpha value is -2.30. The van der Waals surface area contributed by atoms with E-state index in [0.29, 0.717) is 17.9 Å². The van der Waals surface area contributed by atoms with Crippen molar-refractivity contribution in [2.75, 3.05) is 35.0 Å². The predicted molar refractivity (Wildman–Crippen MR) is 123 cm³/mol. The Balaban J connectivity index is 2.18. The number of furan rings is 1. The monoisotopic (exact) mass is 481 g/mol. The van der Waals surface area contributed by atoms with Crippen LogP contribution in [0, 0.1) is 0 Å². The molecule has 3 rings (SSSR count). The molecule has 1 aliphatic carbocycles. The van der Waals surface area contributed by atoms with Crippen LogP contribution in [-0.2, 0) is 23.4 Å². The lowest BCUT2D eigenvalue weighted by atomic mass is 9.77. The third kappa shape index (κ3) is 4.43. The second-order valence-corrected chi connectivity index (χ2v) is 14.7. The van der Waals surface area contributed by atoms with E-state index in [0.717, 1.165) is 5.56 Å². The average molecular weight is 482 g/mol. The number of methoxy groups -OCH3 is 4. The van der Waals surface area contributed by atoms with Gasteiger partial charge in [0.25, 0.3) is 8.32 Å². The molecule has 2 heterocycles. The first-order chi connectivity index (χ1) is 15.3. The molecule has 2 aliphatic rings. The van der Waals surface area contributed by atoms with Gasteiger partial charge in [0.05, 0.1) is 26.8 Å². The number of hydrogen-bond acceptors (Lipinski definition) is 8. The third-order valence-electron chi connectivity index (χ3n) is 7.13. The maximum absolute atomic E-state index is 12.8. The number of rotatable bonds is 5. The molecule has 2 atom stereocenters. The molecule has 0 spiro atoms. The molecular formula is C23H35NO8Si. The topological polar surface area (TPSA) is 96.7 Å². The van der Waals surface area contributed by atoms with Crippen molar-refractivity contribution < 1.29 is 37.4 Å². The van der Waals surface area contributed by atoms with E-state index >= 15 is 0 Å². The lowest BCUT2D eigenvalue weighted by Crippen LogP contribution is -2.59. The van der Waals surface area contributed by atoms with E-state index in [1.54, 1.807) is 25.2 Å². The van der Waals surface area contributed by atoms with Crippen molar-refractivity contribution in [3.8, 4) is 0 Å². The fourth-order valence-electron chi connectivity index (χ4n) is 4.10. The Labute approximate surface area is 196 Å². The second-order valence-electron chi connectivity index (χ2n) is 10.00. The van der Waals surface area contributed by atoms with Crippen molar-refractivity contribution in [3.05, 3.63) is 29.2 Å². The van der Waals surface area contributed by atoms with Crippen LogP contribution in [0.3, 0.4) is 0 Å². The van der Waals surface area contributed by atoms with Gasteiger partial charge < -0.3 is 27.8 Å². The minimum Gasteiger partial charge on any atom is -0.541 e. The van der Waals surface area contributed by atoms with Crippen molar-refractivity contribution in [2.45, 2.75) is 63.1 Å². The first-order valence-electron chi connectivity index (χ1n) is 10.9. The van der Waals surface area contributed by atoms with Crippen LogP contribution in [0.5, 0.6) is 0 Å². The van der Waals surface area contributed by atoms with Crippen molar-refractivity contribution in [1.29, 1.82) is 0 Å². The Bertz CT molecular complexity index is 941. The summed E-state index contributed by atoms with van der Waals surface area (Å²) in [5.41, 5.74) is 0.740. The molecule has 0 N–H and O–H groups in total. The van der Waals surface area contributed by atoms with Crippen LogP contribution in [0.15, 0.2) is 16.6 Å². The number of hydrogen-bond donors (Lipinski definition) is 0. The number of carbonyl (C=O) groups excluding carboxylic acids is 2. The molecule has 1 aliphatic heterocycles. The van der Waals surface area contributed by atoms with Gasteiger partial charge in [-0.2, -0.15) is 0 Å². The largest absolute Gasteiger partial charge is 0.541 e. The van der Waals surface area contributed by atoms with Gasteiger partial charge in [0.2, 0.25) is 5.76 Å². The van der Waals surface area contributed by atoms with Crippen LogP contribution in [0.2, 0.25) is 18.1 Å². The Morgan fingerprint density at radius 2 is 1.76 bits per heavy atom. The van der Waals surface area contributed by atoms with Gasteiger partial charge in [-0.1, -0.05) is 20.8 Å². The maximum atomic E-state index is 12.8. The van der Waals surface area contributed by atoms with Crippen molar-refractivity contribution >= 4 is 26.1 Å². The van der Waals surface area contributed by atoms with Crippen LogP contribution in [0.25, 0.3) is 5.76 Å². The van der Waals surface area contributed by atoms with Crippen molar-refractivity contribution in [1.82, 2.24) is 4.90 Å². The Kier molecular flexibility index (Phi) is 6.76. The molecule has 1 aromatic heterocycles. The molecule has 33 heavy (non-hydrogen) atoms. The third-order valence-corrected chi connectivity index (χ3v) is 11.5. The molecule has 9 nitrogen and oxygen atoms in total. The van der Waals surface area contributed by atoms with E-state index in [9.17, 15) is 9.59 Å². The van der Waals surface area contributed by atoms with E-state index in [-0.39, 0.29) is 23.3 Å². The summed E-state index contributed by atoms with van der Waals surface area (Å²) in [6.07, 6.45) is 1.82. The zero-order valence-corrected chi connectivity index (χ0v) is 21.9. The maximum Gasteiger partial charge on any atom is 0.410 e. The number of carbonyl (C=O) groups is 2. The van der Waals surface area contributed by atoms with Gasteiger partial charge in [-0.25, -0.2) is 9.59 Å². The lowest BCUT2D eigenvalue weighted by Gasteiger charge is -2.49. The van der Waals surface area contributed by atoms with Gasteiger partial charge in [-0.05, 0) is 30.3 Å². The van der Waals surface area contributed by atoms with Gasteiger partial charge in [0.15, 0.2) is 11.5 Å². The average Bonchev–Trinajstić information content (AvgIpc) is 3.23. The molecule has 184 valence electrons. The number of fused-ring (bicyclic) bond motifs is 3. The lowest BCUT2D eigenvalue weighted by molar-refractivity contribution is -0.236. The van der Waals surface area contributed by atoms with Crippen LogP contribution >= 0.6 is 0 Å². The van der Waals surface area contributed by atoms with Gasteiger partial charge in [0.1, 0.15) is 5.76 Å². The SMILES string of the molecule is COC(=O)c1cc2c(o1)C(O[Si](C)(C)C(C)(C)C)=C[C@H]1[C@@H]2CC(OC)(OC)CN1C(=O)OC. The minimum absolute atomic E-state index is 0.0710. The highest BCUT2D eigenvalue weighted by Gasteiger charge is 2.52. The first-order valence-corrected chi connectivity index (χ1v) is 13.8. The Morgan fingerprint density at radius 3 is 2.27 bits per heavy atom. The summed E-state index contributed by atoms with van der Waals surface area (Å²) in [7, 11) is 3.45. The first kappa shape index (κ1) is 25.3. The standard InChI is InChI=1S/C23H35NO8Si/c1-22(2,3)33(8,9)32-17-11-16-15(14-10-18(20(25)27-4)31-19(14)17)12-23(29-6,30-7)13-24(16)21(26)28-5/h10-11,15-16H,12-13H2,1-9H3/t15-,16+/m1/s1. The fourth-order valence-corrected chi connectivity index (χ4v) is 5.12. The number of amides is 1. The summed E-state index contributed by atoms with van der Waals surface area (Å²) >= 11 is 0. The summed E-state index contributed by atoms with van der Waals surface area (Å²) in [6, 6.07) is 1.27. The van der Waals surface area contributed by atoms with Crippen molar-refractivity contribution in [2.24, 2.45) is 0 Å². The molecule has 1 fully saturated rings. The summed E-state index contributed by atoms with van der Waals surface area (Å²) in [6.45, 7) is 10.9. The molecule has 0 bridgehead atoms. The molecular weight excluding hydrogens is 446 g/mol. The molecule has 1 amide bonds. The predicted octanol–water partition coefficient (Wildman–Crippen LogP) is 4.36. The van der Waals surface area contributed by atoms with Crippen LogP contribution < -0.4 is 0 Å². The van der Waals surface area contributed by atoms with E-state index in [4.69, 9.17) is 27.8 Å². The highest BCUT2D eigenvalue weighted by molar-refractivity contribution is 6.74. The number of ether oxygens (including phenoxy) is 4. The molecule has 0 aromatic carbocycles. The van der Waals surface area contributed by atoms with Crippen LogP contribution in [0.1, 0.15) is 55.0 Å². The number of esters is 1. The normalized spacial score (nSPS) is 22.1. The molecule has 0 radical (unpaired) electrons. The van der Waals surface area contributed by atoms with Crippen LogP contribution in [0.4, 0.5) is 4.79 Å². The van der Waals surface area contributed by atoms with Crippen LogP contribution in [-0.4, -0.2) is 72.1 Å². The molecule has 0 saturated carbocycles. The molecule has 0 unspecified atom stereocenters. The highest BCUT2D eigenvalue weighted by Crippen LogP contribution is 2.49. The summed E-state index contributed by atoms with van der Waals surface area (Å²) in [5.74, 6) is -0.845. The molecule has 1 saturated heterocycles. The Morgan fingerprint density at radius 1 is 1.12 bits per heavy atom. The molecule has 1 aromatic rings. The summed E-state index contributed by atoms with van der Waals surface area (Å²) in [4.78, 5) is 26.7. The van der Waals surface area contributed by atoms with Gasteiger partial charge in [0, 0.05) is 32.1 Å². The van der Waals surface area contributed by atoms with Gasteiger partial charge >= 0.3 is 12.1 Å². The highest BCUT2D eigenvalue weighted by atomic mass is 28.4. The zero-order chi connectivity index (χ0) is 24.8.